The van der Waals surface area contributed by atoms with E-state index >= 15 is 0 Å². The van der Waals surface area contributed by atoms with E-state index in [-0.39, 0.29) is 6.10 Å². The van der Waals surface area contributed by atoms with E-state index in [4.69, 9.17) is 14.2 Å². The number of benzene rings is 1. The van der Waals surface area contributed by atoms with Crippen LogP contribution in [-0.4, -0.2) is 37.6 Å². The molecule has 0 saturated carbocycles. The molecule has 3 atom stereocenters. The summed E-state index contributed by atoms with van der Waals surface area (Å²) in [6, 6.07) is 5.72. The first kappa shape index (κ1) is 16.1. The van der Waals surface area contributed by atoms with Crippen molar-refractivity contribution >= 4 is 0 Å². The molecule has 1 aromatic rings. The highest BCUT2D eigenvalue weighted by molar-refractivity contribution is 5.38. The molecule has 1 aliphatic heterocycles. The molecule has 0 unspecified atom stereocenters. The number of hydrogen-bond acceptors (Lipinski definition) is 4. The minimum absolute atomic E-state index is 0.177. The quantitative estimate of drug-likeness (QED) is 0.876. The Kier molecular flexibility index (Phi) is 5.88. The van der Waals surface area contributed by atoms with Crippen LogP contribution in [0.3, 0.4) is 0 Å². The third kappa shape index (κ3) is 4.90. The van der Waals surface area contributed by atoms with E-state index < -0.39 is 6.10 Å². The average molecular weight is 294 g/mol. The minimum atomic E-state index is -0.405. The van der Waals surface area contributed by atoms with Gasteiger partial charge in [-0.1, -0.05) is 0 Å². The summed E-state index contributed by atoms with van der Waals surface area (Å²) in [5, 5.41) is 10.3. The summed E-state index contributed by atoms with van der Waals surface area (Å²) in [6.45, 7) is 2.10. The van der Waals surface area contributed by atoms with Crippen molar-refractivity contribution in [3.63, 3.8) is 0 Å². The van der Waals surface area contributed by atoms with Crippen LogP contribution in [0.4, 0.5) is 0 Å². The van der Waals surface area contributed by atoms with Gasteiger partial charge in [-0.25, -0.2) is 0 Å². The Balaban J connectivity index is 1.93. The van der Waals surface area contributed by atoms with Crippen LogP contribution in [0.2, 0.25) is 0 Å². The molecule has 0 aromatic heterocycles. The summed E-state index contributed by atoms with van der Waals surface area (Å²) >= 11 is 0. The zero-order valence-corrected chi connectivity index (χ0v) is 13.2. The predicted octanol–water partition coefficient (Wildman–Crippen LogP) is 2.95. The molecule has 1 heterocycles. The van der Waals surface area contributed by atoms with Gasteiger partial charge in [0.1, 0.15) is 11.5 Å². The number of hydrogen-bond donors (Lipinski definition) is 1. The lowest BCUT2D eigenvalue weighted by atomic mass is 9.97. The van der Waals surface area contributed by atoms with Gasteiger partial charge in [0.05, 0.1) is 32.5 Å². The molecule has 4 heteroatoms. The highest BCUT2D eigenvalue weighted by Crippen LogP contribution is 2.26. The Labute approximate surface area is 127 Å². The fourth-order valence-corrected chi connectivity index (χ4v) is 2.91. The van der Waals surface area contributed by atoms with Gasteiger partial charge in [0, 0.05) is 6.07 Å². The first-order valence-electron chi connectivity index (χ1n) is 7.66. The molecule has 0 amide bonds. The van der Waals surface area contributed by atoms with Crippen LogP contribution in [0.25, 0.3) is 0 Å². The molecule has 4 nitrogen and oxygen atoms in total. The molecule has 0 radical (unpaired) electrons. The maximum Gasteiger partial charge on any atom is 0.122 e. The first-order chi connectivity index (χ1) is 10.1. The van der Waals surface area contributed by atoms with Crippen LogP contribution in [0.5, 0.6) is 11.5 Å². The minimum Gasteiger partial charge on any atom is -0.497 e. The van der Waals surface area contributed by atoms with Gasteiger partial charge in [0.25, 0.3) is 0 Å². The molecule has 0 bridgehead atoms. The van der Waals surface area contributed by atoms with Crippen LogP contribution in [0, 0.1) is 0 Å². The zero-order valence-electron chi connectivity index (χ0n) is 13.2. The van der Waals surface area contributed by atoms with E-state index in [0.717, 1.165) is 29.9 Å². The average Bonchev–Trinajstić information content (AvgIpc) is 2.46. The van der Waals surface area contributed by atoms with Gasteiger partial charge in [-0.3, -0.25) is 0 Å². The topological polar surface area (TPSA) is 47.9 Å². The van der Waals surface area contributed by atoms with Crippen molar-refractivity contribution in [3.8, 4) is 11.5 Å². The molecular formula is C17H26O4. The fourth-order valence-electron chi connectivity index (χ4n) is 2.91. The van der Waals surface area contributed by atoms with Gasteiger partial charge in [0.15, 0.2) is 0 Å². The van der Waals surface area contributed by atoms with E-state index in [2.05, 4.69) is 6.92 Å². The third-order valence-corrected chi connectivity index (χ3v) is 3.98. The van der Waals surface area contributed by atoms with Crippen molar-refractivity contribution in [1.29, 1.82) is 0 Å². The van der Waals surface area contributed by atoms with E-state index in [1.165, 1.54) is 6.42 Å². The summed E-state index contributed by atoms with van der Waals surface area (Å²) in [6.07, 6.45) is 4.71. The van der Waals surface area contributed by atoms with Crippen LogP contribution in [-0.2, 0) is 11.2 Å². The van der Waals surface area contributed by atoms with E-state index in [0.29, 0.717) is 18.9 Å². The number of aliphatic hydroxyl groups excluding tert-OH is 1. The van der Waals surface area contributed by atoms with Gasteiger partial charge in [-0.15, -0.1) is 0 Å². The van der Waals surface area contributed by atoms with Crippen LogP contribution < -0.4 is 9.47 Å². The SMILES string of the molecule is COc1cc(C[C@@H](O)C[C@H]2CCC[C@@H](C)O2)cc(OC)c1. The lowest BCUT2D eigenvalue weighted by Gasteiger charge is -2.29. The summed E-state index contributed by atoms with van der Waals surface area (Å²) < 4.78 is 16.4. The van der Waals surface area contributed by atoms with Gasteiger partial charge in [-0.2, -0.15) is 0 Å². The maximum atomic E-state index is 10.3. The van der Waals surface area contributed by atoms with E-state index in [9.17, 15) is 5.11 Å². The number of methoxy groups -OCH3 is 2. The Morgan fingerprint density at radius 3 is 2.43 bits per heavy atom. The summed E-state index contributed by atoms with van der Waals surface area (Å²) in [5.41, 5.74) is 1.02. The zero-order chi connectivity index (χ0) is 15.2. The monoisotopic (exact) mass is 294 g/mol. The molecule has 0 aliphatic carbocycles. The molecule has 21 heavy (non-hydrogen) atoms. The summed E-state index contributed by atoms with van der Waals surface area (Å²) in [7, 11) is 3.26. The molecule has 1 fully saturated rings. The smallest absolute Gasteiger partial charge is 0.122 e. The highest BCUT2D eigenvalue weighted by atomic mass is 16.5. The van der Waals surface area contributed by atoms with Crippen molar-refractivity contribution in [3.05, 3.63) is 23.8 Å². The Morgan fingerprint density at radius 1 is 1.19 bits per heavy atom. The maximum absolute atomic E-state index is 10.3. The fraction of sp³-hybridized carbons (Fsp3) is 0.647. The molecule has 1 aromatic carbocycles. The Morgan fingerprint density at radius 2 is 1.86 bits per heavy atom. The molecule has 1 N–H and O–H groups in total. The lowest BCUT2D eigenvalue weighted by Crippen LogP contribution is -2.29. The van der Waals surface area contributed by atoms with Crippen molar-refractivity contribution in [1.82, 2.24) is 0 Å². The Bertz CT molecular complexity index is 424. The largest absolute Gasteiger partial charge is 0.497 e. The second-order valence-corrected chi connectivity index (χ2v) is 5.81. The van der Waals surface area contributed by atoms with Gasteiger partial charge < -0.3 is 19.3 Å². The standard InChI is InChI=1S/C17H26O4/c1-12-5-4-6-15(21-12)10-14(18)7-13-8-16(19-2)11-17(9-13)20-3/h8-9,11-12,14-15,18H,4-7,10H2,1-3H3/t12-,14-,15-/m1/s1. The lowest BCUT2D eigenvalue weighted by molar-refractivity contribution is -0.0598. The second-order valence-electron chi connectivity index (χ2n) is 5.81. The van der Waals surface area contributed by atoms with Gasteiger partial charge in [0.2, 0.25) is 0 Å². The van der Waals surface area contributed by atoms with Crippen molar-refractivity contribution in [2.75, 3.05) is 14.2 Å². The molecule has 1 saturated heterocycles. The molecule has 1 aliphatic rings. The van der Waals surface area contributed by atoms with Crippen LogP contribution in [0.1, 0.15) is 38.2 Å². The summed E-state index contributed by atoms with van der Waals surface area (Å²) in [5.74, 6) is 1.50. The molecule has 118 valence electrons. The number of rotatable bonds is 6. The Hall–Kier alpha value is -1.26. The number of ether oxygens (including phenoxy) is 3. The van der Waals surface area contributed by atoms with Crippen LogP contribution in [0.15, 0.2) is 18.2 Å². The second kappa shape index (κ2) is 7.66. The first-order valence-corrected chi connectivity index (χ1v) is 7.66. The predicted molar refractivity (Wildman–Crippen MR) is 82.1 cm³/mol. The highest BCUT2D eigenvalue weighted by Gasteiger charge is 2.22. The molecule has 0 spiro atoms. The van der Waals surface area contributed by atoms with E-state index in [1.807, 2.05) is 18.2 Å². The van der Waals surface area contributed by atoms with Gasteiger partial charge >= 0.3 is 0 Å². The van der Waals surface area contributed by atoms with Crippen molar-refractivity contribution in [2.45, 2.75) is 57.3 Å². The third-order valence-electron chi connectivity index (χ3n) is 3.98. The van der Waals surface area contributed by atoms with Crippen molar-refractivity contribution in [2.24, 2.45) is 0 Å². The van der Waals surface area contributed by atoms with Crippen LogP contribution >= 0.6 is 0 Å². The van der Waals surface area contributed by atoms with E-state index in [1.54, 1.807) is 14.2 Å². The van der Waals surface area contributed by atoms with Crippen molar-refractivity contribution < 1.29 is 19.3 Å². The molecular weight excluding hydrogens is 268 g/mol. The molecule has 2 rings (SSSR count). The number of aliphatic hydroxyl groups is 1. The normalized spacial score (nSPS) is 23.6. The van der Waals surface area contributed by atoms with Gasteiger partial charge in [-0.05, 0) is 56.7 Å². The summed E-state index contributed by atoms with van der Waals surface area (Å²) in [4.78, 5) is 0.